The lowest BCUT2D eigenvalue weighted by Crippen LogP contribution is -2.16. The summed E-state index contributed by atoms with van der Waals surface area (Å²) < 4.78 is 34.8. The van der Waals surface area contributed by atoms with Gasteiger partial charge < -0.3 is 10.1 Å². The zero-order chi connectivity index (χ0) is 23.3. The Kier molecular flexibility index (Phi) is 6.36. The first-order valence-corrected chi connectivity index (χ1v) is 11.4. The minimum atomic E-state index is -3.89. The van der Waals surface area contributed by atoms with Gasteiger partial charge in [-0.3, -0.25) is 19.2 Å². The molecule has 0 saturated heterocycles. The molecule has 33 heavy (non-hydrogen) atoms. The number of amides is 1. The Hall–Kier alpha value is -4.18. The maximum Gasteiger partial charge on any atom is 0.261 e. The lowest BCUT2D eigenvalue weighted by Gasteiger charge is -2.10. The summed E-state index contributed by atoms with van der Waals surface area (Å²) in [5, 5.41) is 7.00. The molecule has 2 N–H and O–H groups in total. The van der Waals surface area contributed by atoms with Gasteiger partial charge in [0, 0.05) is 29.7 Å². The van der Waals surface area contributed by atoms with Crippen LogP contribution in [0.1, 0.15) is 16.1 Å². The quantitative estimate of drug-likeness (QED) is 0.414. The predicted octanol–water partition coefficient (Wildman–Crippen LogP) is 3.39. The first-order valence-electron chi connectivity index (χ1n) is 9.94. The van der Waals surface area contributed by atoms with Crippen LogP contribution in [0.2, 0.25) is 0 Å². The van der Waals surface area contributed by atoms with Gasteiger partial charge in [-0.15, -0.1) is 0 Å². The van der Waals surface area contributed by atoms with Crippen molar-refractivity contribution in [3.8, 4) is 5.75 Å². The minimum Gasteiger partial charge on any atom is -0.497 e. The number of carbonyl (C=O) groups excluding carboxylic acids is 1. The summed E-state index contributed by atoms with van der Waals surface area (Å²) in [5.74, 6) is 0.485. The van der Waals surface area contributed by atoms with E-state index < -0.39 is 15.9 Å². The minimum absolute atomic E-state index is 0.0355. The molecular formula is C23H21N5O4S. The van der Waals surface area contributed by atoms with Gasteiger partial charge in [-0.1, -0.05) is 12.1 Å². The van der Waals surface area contributed by atoms with E-state index in [0.29, 0.717) is 23.8 Å². The molecule has 0 aliphatic rings. The van der Waals surface area contributed by atoms with E-state index in [2.05, 4.69) is 20.1 Å². The highest BCUT2D eigenvalue weighted by molar-refractivity contribution is 7.92. The SMILES string of the molecule is COc1ccc(NS(=O)(=O)c2cccc(C(=O)Nc3ccn(Cc4ccccn4)n3)c2)cc1. The second-order valence-electron chi connectivity index (χ2n) is 7.04. The molecule has 0 saturated carbocycles. The van der Waals surface area contributed by atoms with Crippen molar-refractivity contribution in [1.29, 1.82) is 0 Å². The van der Waals surface area contributed by atoms with Crippen molar-refractivity contribution < 1.29 is 17.9 Å². The fraction of sp³-hybridized carbons (Fsp3) is 0.0870. The average molecular weight is 464 g/mol. The normalized spacial score (nSPS) is 11.1. The van der Waals surface area contributed by atoms with Crippen LogP contribution >= 0.6 is 0 Å². The number of methoxy groups -OCH3 is 1. The Balaban J connectivity index is 1.45. The van der Waals surface area contributed by atoms with Crippen LogP contribution in [-0.2, 0) is 16.6 Å². The van der Waals surface area contributed by atoms with Crippen LogP contribution in [-0.4, -0.2) is 36.2 Å². The Morgan fingerprint density at radius 3 is 2.58 bits per heavy atom. The molecule has 9 nitrogen and oxygen atoms in total. The molecule has 0 bridgehead atoms. The summed E-state index contributed by atoms with van der Waals surface area (Å²) in [6.45, 7) is 0.460. The number of aromatic nitrogens is 3. The number of nitrogens with one attached hydrogen (secondary N) is 2. The van der Waals surface area contributed by atoms with E-state index in [1.54, 1.807) is 47.4 Å². The number of anilines is 2. The largest absolute Gasteiger partial charge is 0.497 e. The Labute approximate surface area is 191 Å². The van der Waals surface area contributed by atoms with Crippen molar-refractivity contribution in [1.82, 2.24) is 14.8 Å². The Bertz CT molecular complexity index is 1350. The average Bonchev–Trinajstić information content (AvgIpc) is 3.26. The first kappa shape index (κ1) is 22.0. The van der Waals surface area contributed by atoms with Crippen molar-refractivity contribution >= 4 is 27.4 Å². The van der Waals surface area contributed by atoms with Crippen LogP contribution in [0.3, 0.4) is 0 Å². The van der Waals surface area contributed by atoms with Gasteiger partial charge in [0.1, 0.15) is 5.75 Å². The molecule has 2 aromatic carbocycles. The molecule has 168 valence electrons. The number of nitrogens with zero attached hydrogens (tertiary/aromatic N) is 3. The third kappa shape index (κ3) is 5.55. The molecule has 4 aromatic rings. The van der Waals surface area contributed by atoms with Gasteiger partial charge in [-0.2, -0.15) is 5.10 Å². The van der Waals surface area contributed by atoms with E-state index in [4.69, 9.17) is 4.74 Å². The predicted molar refractivity (Wildman–Crippen MR) is 124 cm³/mol. The fourth-order valence-corrected chi connectivity index (χ4v) is 4.14. The summed E-state index contributed by atoms with van der Waals surface area (Å²) in [6, 6.07) is 19.5. The molecule has 0 aliphatic heterocycles. The summed E-state index contributed by atoms with van der Waals surface area (Å²) in [5.41, 5.74) is 1.40. The number of sulfonamides is 1. The maximum absolute atomic E-state index is 12.8. The highest BCUT2D eigenvalue weighted by Crippen LogP contribution is 2.20. The van der Waals surface area contributed by atoms with E-state index in [-0.39, 0.29) is 10.5 Å². The van der Waals surface area contributed by atoms with Crippen molar-refractivity contribution in [2.45, 2.75) is 11.4 Å². The standard InChI is InChI=1S/C23H21N5O4S/c1-32-20-10-8-18(9-11-20)27-33(30,31)21-7-4-5-17(15-21)23(29)25-22-12-14-28(26-22)16-19-6-2-3-13-24-19/h2-15,27H,16H2,1H3,(H,25,26,29). The highest BCUT2D eigenvalue weighted by atomic mass is 32.2. The van der Waals surface area contributed by atoms with Crippen molar-refractivity contribution in [2.75, 3.05) is 17.1 Å². The lowest BCUT2D eigenvalue weighted by molar-refractivity contribution is 0.102. The van der Waals surface area contributed by atoms with Crippen LogP contribution < -0.4 is 14.8 Å². The van der Waals surface area contributed by atoms with E-state index in [1.165, 1.54) is 31.4 Å². The van der Waals surface area contributed by atoms with E-state index in [1.807, 2.05) is 18.2 Å². The summed E-state index contributed by atoms with van der Waals surface area (Å²) in [4.78, 5) is 16.9. The first-order chi connectivity index (χ1) is 15.9. The second kappa shape index (κ2) is 9.53. The number of hydrogen-bond donors (Lipinski definition) is 2. The molecule has 10 heteroatoms. The Morgan fingerprint density at radius 1 is 1.03 bits per heavy atom. The van der Waals surface area contributed by atoms with E-state index >= 15 is 0 Å². The highest BCUT2D eigenvalue weighted by Gasteiger charge is 2.17. The van der Waals surface area contributed by atoms with Crippen molar-refractivity contribution in [2.24, 2.45) is 0 Å². The van der Waals surface area contributed by atoms with Gasteiger partial charge in [0.2, 0.25) is 0 Å². The van der Waals surface area contributed by atoms with Crippen LogP contribution in [0.15, 0.2) is 90.1 Å². The second-order valence-corrected chi connectivity index (χ2v) is 8.72. The molecular weight excluding hydrogens is 442 g/mol. The summed E-state index contributed by atoms with van der Waals surface area (Å²) in [7, 11) is -2.36. The number of hydrogen-bond acceptors (Lipinski definition) is 6. The van der Waals surface area contributed by atoms with Crippen molar-refractivity contribution in [3.63, 3.8) is 0 Å². The molecule has 0 fully saturated rings. The summed E-state index contributed by atoms with van der Waals surface area (Å²) in [6.07, 6.45) is 3.43. The molecule has 2 aromatic heterocycles. The van der Waals surface area contributed by atoms with Crippen LogP contribution in [0.5, 0.6) is 5.75 Å². The summed E-state index contributed by atoms with van der Waals surface area (Å²) >= 11 is 0. The molecule has 1 amide bonds. The van der Waals surface area contributed by atoms with Crippen LogP contribution in [0.25, 0.3) is 0 Å². The van der Waals surface area contributed by atoms with Gasteiger partial charge in [0.15, 0.2) is 5.82 Å². The van der Waals surface area contributed by atoms with E-state index in [0.717, 1.165) is 5.69 Å². The molecule has 0 spiro atoms. The lowest BCUT2D eigenvalue weighted by atomic mass is 10.2. The maximum atomic E-state index is 12.8. The zero-order valence-electron chi connectivity index (χ0n) is 17.7. The fourth-order valence-electron chi connectivity index (χ4n) is 3.04. The van der Waals surface area contributed by atoms with Crippen LogP contribution in [0, 0.1) is 0 Å². The molecule has 0 aliphatic carbocycles. The topological polar surface area (TPSA) is 115 Å². The number of benzene rings is 2. The molecule has 4 rings (SSSR count). The van der Waals surface area contributed by atoms with Crippen LogP contribution in [0.4, 0.5) is 11.5 Å². The number of ether oxygens (including phenoxy) is 1. The number of carbonyl (C=O) groups is 1. The molecule has 0 atom stereocenters. The number of rotatable bonds is 8. The van der Waals surface area contributed by atoms with Gasteiger partial charge in [-0.05, 0) is 54.6 Å². The van der Waals surface area contributed by atoms with Gasteiger partial charge in [0.05, 0.1) is 24.2 Å². The number of pyridine rings is 1. The molecule has 0 radical (unpaired) electrons. The third-order valence-electron chi connectivity index (χ3n) is 4.68. The zero-order valence-corrected chi connectivity index (χ0v) is 18.5. The third-order valence-corrected chi connectivity index (χ3v) is 6.06. The van der Waals surface area contributed by atoms with Gasteiger partial charge >= 0.3 is 0 Å². The monoisotopic (exact) mass is 463 g/mol. The smallest absolute Gasteiger partial charge is 0.261 e. The van der Waals surface area contributed by atoms with Gasteiger partial charge in [-0.25, -0.2) is 8.42 Å². The Morgan fingerprint density at radius 2 is 1.85 bits per heavy atom. The molecule has 2 heterocycles. The van der Waals surface area contributed by atoms with E-state index in [9.17, 15) is 13.2 Å². The van der Waals surface area contributed by atoms with Crippen molar-refractivity contribution in [3.05, 3.63) is 96.4 Å². The molecule has 0 unspecified atom stereocenters. The van der Waals surface area contributed by atoms with Gasteiger partial charge in [0.25, 0.3) is 15.9 Å².